The first-order valence-electron chi connectivity index (χ1n) is 4.37. The van der Waals surface area contributed by atoms with E-state index in [1.807, 2.05) is 30.3 Å². The third-order valence-electron chi connectivity index (χ3n) is 2.14. The van der Waals surface area contributed by atoms with Crippen LogP contribution in [-0.2, 0) is 4.74 Å². The lowest BCUT2D eigenvalue weighted by Gasteiger charge is -2.08. The number of aliphatic hydroxyl groups excluding tert-OH is 1. The zero-order valence-corrected chi connectivity index (χ0v) is 7.84. The maximum absolute atomic E-state index is 9.44. The second-order valence-corrected chi connectivity index (χ2v) is 3.04. The van der Waals surface area contributed by atoms with Gasteiger partial charge in [0.05, 0.1) is 5.52 Å². The van der Waals surface area contributed by atoms with Crippen molar-refractivity contribution in [3.63, 3.8) is 0 Å². The molecule has 0 spiro atoms. The molecule has 1 aromatic carbocycles. The van der Waals surface area contributed by atoms with Gasteiger partial charge in [-0.15, -0.1) is 0 Å². The number of pyridine rings is 1. The van der Waals surface area contributed by atoms with Crippen LogP contribution in [0.3, 0.4) is 0 Å². The van der Waals surface area contributed by atoms with Gasteiger partial charge in [-0.05, 0) is 12.1 Å². The van der Waals surface area contributed by atoms with Crippen molar-refractivity contribution < 1.29 is 9.84 Å². The van der Waals surface area contributed by atoms with Crippen LogP contribution in [-0.4, -0.2) is 17.2 Å². The fourth-order valence-corrected chi connectivity index (χ4v) is 1.37. The smallest absolute Gasteiger partial charge is 0.180 e. The summed E-state index contributed by atoms with van der Waals surface area (Å²) >= 11 is 0. The van der Waals surface area contributed by atoms with E-state index in [9.17, 15) is 5.11 Å². The molecule has 0 radical (unpaired) electrons. The van der Waals surface area contributed by atoms with Crippen molar-refractivity contribution in [2.24, 2.45) is 0 Å². The molecule has 1 N–H and O–H groups in total. The van der Waals surface area contributed by atoms with Gasteiger partial charge in [0, 0.05) is 24.3 Å². The SMILES string of the molecule is COC(O)c1ccc2cccnc2c1. The summed E-state index contributed by atoms with van der Waals surface area (Å²) < 4.78 is 4.81. The van der Waals surface area contributed by atoms with Crippen molar-refractivity contribution in [2.75, 3.05) is 7.11 Å². The molecular weight excluding hydrogens is 178 g/mol. The average Bonchev–Trinajstić information content (AvgIpc) is 2.27. The second kappa shape index (κ2) is 3.74. The molecule has 0 saturated carbocycles. The summed E-state index contributed by atoms with van der Waals surface area (Å²) in [6.45, 7) is 0. The molecule has 2 aromatic rings. The maximum atomic E-state index is 9.44. The molecule has 0 saturated heterocycles. The Bertz CT molecular complexity index is 442. The number of ether oxygens (including phenoxy) is 1. The quantitative estimate of drug-likeness (QED) is 0.733. The Morgan fingerprint density at radius 3 is 3.00 bits per heavy atom. The Kier molecular flexibility index (Phi) is 2.43. The topological polar surface area (TPSA) is 42.4 Å². The summed E-state index contributed by atoms with van der Waals surface area (Å²) in [6, 6.07) is 9.43. The molecule has 0 amide bonds. The van der Waals surface area contributed by atoms with Crippen LogP contribution in [0.5, 0.6) is 0 Å². The number of aliphatic hydroxyl groups is 1. The van der Waals surface area contributed by atoms with Crippen LogP contribution in [0.1, 0.15) is 11.9 Å². The van der Waals surface area contributed by atoms with Crippen molar-refractivity contribution in [3.05, 3.63) is 42.1 Å². The highest BCUT2D eigenvalue weighted by Crippen LogP contribution is 2.18. The van der Waals surface area contributed by atoms with Gasteiger partial charge < -0.3 is 9.84 Å². The Morgan fingerprint density at radius 1 is 1.36 bits per heavy atom. The predicted octanol–water partition coefficient (Wildman–Crippen LogP) is 1.87. The van der Waals surface area contributed by atoms with E-state index in [2.05, 4.69) is 4.98 Å². The lowest BCUT2D eigenvalue weighted by molar-refractivity contribution is -0.0768. The first-order valence-corrected chi connectivity index (χ1v) is 4.37. The Morgan fingerprint density at radius 2 is 2.21 bits per heavy atom. The molecule has 1 unspecified atom stereocenters. The van der Waals surface area contributed by atoms with Crippen molar-refractivity contribution in [3.8, 4) is 0 Å². The second-order valence-electron chi connectivity index (χ2n) is 3.04. The first-order chi connectivity index (χ1) is 6.81. The van der Waals surface area contributed by atoms with Crippen molar-refractivity contribution in [1.82, 2.24) is 4.98 Å². The van der Waals surface area contributed by atoms with Gasteiger partial charge in [-0.2, -0.15) is 0 Å². The molecule has 0 bridgehead atoms. The van der Waals surface area contributed by atoms with Crippen LogP contribution in [0.2, 0.25) is 0 Å². The van der Waals surface area contributed by atoms with Gasteiger partial charge >= 0.3 is 0 Å². The molecule has 3 nitrogen and oxygen atoms in total. The van der Waals surface area contributed by atoms with Crippen LogP contribution in [0.15, 0.2) is 36.5 Å². The number of hydrogen-bond acceptors (Lipinski definition) is 3. The van der Waals surface area contributed by atoms with Gasteiger partial charge in [0.2, 0.25) is 0 Å². The number of nitrogens with zero attached hydrogens (tertiary/aromatic N) is 1. The lowest BCUT2D eigenvalue weighted by atomic mass is 10.1. The zero-order chi connectivity index (χ0) is 9.97. The van der Waals surface area contributed by atoms with Crippen LogP contribution < -0.4 is 0 Å². The summed E-state index contributed by atoms with van der Waals surface area (Å²) in [4.78, 5) is 4.19. The molecule has 14 heavy (non-hydrogen) atoms. The summed E-state index contributed by atoms with van der Waals surface area (Å²) in [6.07, 6.45) is 0.854. The highest BCUT2D eigenvalue weighted by molar-refractivity contribution is 5.78. The number of aromatic nitrogens is 1. The van der Waals surface area contributed by atoms with Gasteiger partial charge in [0.1, 0.15) is 0 Å². The fraction of sp³-hybridized carbons (Fsp3) is 0.182. The standard InChI is InChI=1S/C11H11NO2/c1-14-11(13)9-5-4-8-3-2-6-12-10(8)7-9/h2-7,11,13H,1H3. The van der Waals surface area contributed by atoms with Gasteiger partial charge in [-0.3, -0.25) is 4.98 Å². The molecule has 0 aliphatic heterocycles. The van der Waals surface area contributed by atoms with Crippen LogP contribution >= 0.6 is 0 Å². The largest absolute Gasteiger partial charge is 0.364 e. The summed E-state index contributed by atoms with van der Waals surface area (Å²) in [5.74, 6) is 0. The zero-order valence-electron chi connectivity index (χ0n) is 7.84. The number of benzene rings is 1. The first kappa shape index (κ1) is 9.12. The minimum absolute atomic E-state index is 0.721. The minimum Gasteiger partial charge on any atom is -0.364 e. The summed E-state index contributed by atoms with van der Waals surface area (Å²) in [7, 11) is 1.47. The number of fused-ring (bicyclic) bond motifs is 1. The Balaban J connectivity index is 2.51. The fourth-order valence-electron chi connectivity index (χ4n) is 1.37. The van der Waals surface area contributed by atoms with E-state index in [1.54, 1.807) is 6.20 Å². The maximum Gasteiger partial charge on any atom is 0.180 e. The highest BCUT2D eigenvalue weighted by Gasteiger charge is 2.05. The third kappa shape index (κ3) is 1.60. The van der Waals surface area contributed by atoms with Crippen LogP contribution in [0.4, 0.5) is 0 Å². The summed E-state index contributed by atoms with van der Waals surface area (Å²) in [5.41, 5.74) is 1.58. The number of rotatable bonds is 2. The van der Waals surface area contributed by atoms with E-state index in [4.69, 9.17) is 4.74 Å². The number of methoxy groups -OCH3 is 1. The van der Waals surface area contributed by atoms with E-state index < -0.39 is 6.29 Å². The molecule has 1 aromatic heterocycles. The van der Waals surface area contributed by atoms with Crippen molar-refractivity contribution >= 4 is 10.9 Å². The molecule has 72 valence electrons. The van der Waals surface area contributed by atoms with Crippen molar-refractivity contribution in [2.45, 2.75) is 6.29 Å². The molecule has 1 atom stereocenters. The van der Waals surface area contributed by atoms with Crippen LogP contribution in [0, 0.1) is 0 Å². The molecule has 0 aliphatic carbocycles. The Labute approximate surface area is 82.0 Å². The minimum atomic E-state index is -0.874. The monoisotopic (exact) mass is 189 g/mol. The summed E-state index contributed by atoms with van der Waals surface area (Å²) in [5, 5.41) is 10.5. The molecular formula is C11H11NO2. The van der Waals surface area contributed by atoms with Gasteiger partial charge in [-0.25, -0.2) is 0 Å². The van der Waals surface area contributed by atoms with E-state index in [1.165, 1.54) is 7.11 Å². The van der Waals surface area contributed by atoms with Crippen LogP contribution in [0.25, 0.3) is 10.9 Å². The third-order valence-corrected chi connectivity index (χ3v) is 2.14. The Hall–Kier alpha value is -1.45. The van der Waals surface area contributed by atoms with E-state index in [-0.39, 0.29) is 0 Å². The molecule has 0 fully saturated rings. The van der Waals surface area contributed by atoms with Gasteiger partial charge in [0.25, 0.3) is 0 Å². The molecule has 2 rings (SSSR count). The van der Waals surface area contributed by atoms with Crippen molar-refractivity contribution in [1.29, 1.82) is 0 Å². The average molecular weight is 189 g/mol. The normalized spacial score (nSPS) is 13.0. The number of hydrogen-bond donors (Lipinski definition) is 1. The van der Waals surface area contributed by atoms with E-state index in [0.29, 0.717) is 0 Å². The molecule has 1 heterocycles. The van der Waals surface area contributed by atoms with E-state index >= 15 is 0 Å². The van der Waals surface area contributed by atoms with Gasteiger partial charge in [-0.1, -0.05) is 18.2 Å². The predicted molar refractivity (Wildman–Crippen MR) is 53.7 cm³/mol. The van der Waals surface area contributed by atoms with Gasteiger partial charge in [0.15, 0.2) is 6.29 Å². The highest BCUT2D eigenvalue weighted by atomic mass is 16.6. The van der Waals surface area contributed by atoms with E-state index in [0.717, 1.165) is 16.5 Å². The molecule has 0 aliphatic rings. The molecule has 3 heteroatoms. The lowest BCUT2D eigenvalue weighted by Crippen LogP contribution is -1.99.